The second-order valence-electron chi connectivity index (χ2n) is 4.87. The van der Waals surface area contributed by atoms with Gasteiger partial charge in [-0.2, -0.15) is 0 Å². The third-order valence-electron chi connectivity index (χ3n) is 3.28. The van der Waals surface area contributed by atoms with Crippen LogP contribution in [0.3, 0.4) is 0 Å². The van der Waals surface area contributed by atoms with Gasteiger partial charge in [-0.1, -0.05) is 6.92 Å². The fraction of sp³-hybridized carbons (Fsp3) is 0.667. The SMILES string of the molecule is Cc1nc(N)cc(N2CCC(C)CC2C)n1. The molecule has 0 spiro atoms. The summed E-state index contributed by atoms with van der Waals surface area (Å²) >= 11 is 0. The van der Waals surface area contributed by atoms with E-state index in [9.17, 15) is 0 Å². The number of rotatable bonds is 1. The highest BCUT2D eigenvalue weighted by Gasteiger charge is 2.24. The van der Waals surface area contributed by atoms with Crippen LogP contribution in [0.5, 0.6) is 0 Å². The van der Waals surface area contributed by atoms with Gasteiger partial charge < -0.3 is 10.6 Å². The summed E-state index contributed by atoms with van der Waals surface area (Å²) in [6.07, 6.45) is 2.45. The van der Waals surface area contributed by atoms with Crippen molar-refractivity contribution in [1.29, 1.82) is 0 Å². The molecule has 0 amide bonds. The van der Waals surface area contributed by atoms with Crippen LogP contribution in [0.2, 0.25) is 0 Å². The number of aromatic nitrogens is 2. The zero-order valence-electron chi connectivity index (χ0n) is 10.3. The van der Waals surface area contributed by atoms with Crippen molar-refractivity contribution in [1.82, 2.24) is 9.97 Å². The van der Waals surface area contributed by atoms with Gasteiger partial charge in [-0.25, -0.2) is 9.97 Å². The summed E-state index contributed by atoms with van der Waals surface area (Å²) < 4.78 is 0. The molecule has 0 aliphatic carbocycles. The quantitative estimate of drug-likeness (QED) is 0.786. The number of nitrogens with zero attached hydrogens (tertiary/aromatic N) is 3. The van der Waals surface area contributed by atoms with Gasteiger partial charge in [0.25, 0.3) is 0 Å². The molecule has 88 valence electrons. The number of nitrogens with two attached hydrogens (primary N) is 1. The molecular weight excluding hydrogens is 200 g/mol. The highest BCUT2D eigenvalue weighted by atomic mass is 15.2. The van der Waals surface area contributed by atoms with Crippen molar-refractivity contribution < 1.29 is 0 Å². The first-order valence-corrected chi connectivity index (χ1v) is 5.94. The molecule has 1 saturated heterocycles. The van der Waals surface area contributed by atoms with E-state index in [4.69, 9.17) is 5.73 Å². The van der Waals surface area contributed by atoms with Gasteiger partial charge in [0.15, 0.2) is 0 Å². The minimum absolute atomic E-state index is 0.539. The van der Waals surface area contributed by atoms with Crippen LogP contribution in [0.25, 0.3) is 0 Å². The van der Waals surface area contributed by atoms with E-state index in [2.05, 4.69) is 28.7 Å². The number of anilines is 2. The molecule has 2 N–H and O–H groups in total. The van der Waals surface area contributed by atoms with Crippen LogP contribution < -0.4 is 10.6 Å². The third kappa shape index (κ3) is 2.26. The van der Waals surface area contributed by atoms with Crippen molar-refractivity contribution in [3.05, 3.63) is 11.9 Å². The van der Waals surface area contributed by atoms with Gasteiger partial charge >= 0.3 is 0 Å². The highest BCUT2D eigenvalue weighted by Crippen LogP contribution is 2.27. The number of piperidine rings is 1. The third-order valence-corrected chi connectivity index (χ3v) is 3.28. The first kappa shape index (κ1) is 11.2. The van der Waals surface area contributed by atoms with Crippen LogP contribution in [0.1, 0.15) is 32.5 Å². The zero-order valence-corrected chi connectivity index (χ0v) is 10.3. The topological polar surface area (TPSA) is 55.0 Å². The van der Waals surface area contributed by atoms with E-state index in [-0.39, 0.29) is 0 Å². The zero-order chi connectivity index (χ0) is 11.7. The van der Waals surface area contributed by atoms with Crippen molar-refractivity contribution in [2.45, 2.75) is 39.7 Å². The number of hydrogen-bond acceptors (Lipinski definition) is 4. The van der Waals surface area contributed by atoms with Crippen LogP contribution in [0.4, 0.5) is 11.6 Å². The summed E-state index contributed by atoms with van der Waals surface area (Å²) in [4.78, 5) is 10.9. The van der Waals surface area contributed by atoms with Gasteiger partial charge in [0, 0.05) is 18.7 Å². The molecule has 0 bridgehead atoms. The van der Waals surface area contributed by atoms with Gasteiger partial charge in [-0.15, -0.1) is 0 Å². The normalized spacial score (nSPS) is 25.8. The molecule has 16 heavy (non-hydrogen) atoms. The predicted octanol–water partition coefficient (Wildman–Crippen LogP) is 1.99. The molecule has 0 radical (unpaired) electrons. The van der Waals surface area contributed by atoms with Crippen molar-refractivity contribution in [2.24, 2.45) is 5.92 Å². The van der Waals surface area contributed by atoms with Crippen molar-refractivity contribution in [2.75, 3.05) is 17.2 Å². The Morgan fingerprint density at radius 2 is 2.12 bits per heavy atom. The first-order valence-electron chi connectivity index (χ1n) is 5.94. The maximum atomic E-state index is 5.76. The molecule has 1 aliphatic rings. The van der Waals surface area contributed by atoms with Crippen molar-refractivity contribution >= 4 is 11.6 Å². The molecule has 1 aromatic rings. The number of hydrogen-bond donors (Lipinski definition) is 1. The average Bonchev–Trinajstić information content (AvgIpc) is 2.15. The minimum atomic E-state index is 0.539. The van der Waals surface area contributed by atoms with Gasteiger partial charge in [0.05, 0.1) is 0 Å². The second kappa shape index (κ2) is 4.28. The summed E-state index contributed by atoms with van der Waals surface area (Å²) in [6, 6.07) is 2.41. The van der Waals surface area contributed by atoms with E-state index < -0.39 is 0 Å². The summed E-state index contributed by atoms with van der Waals surface area (Å²) in [5.41, 5.74) is 5.76. The highest BCUT2D eigenvalue weighted by molar-refractivity contribution is 5.48. The lowest BCUT2D eigenvalue weighted by atomic mass is 9.93. The monoisotopic (exact) mass is 220 g/mol. The molecule has 2 unspecified atom stereocenters. The Hall–Kier alpha value is -1.32. The van der Waals surface area contributed by atoms with Gasteiger partial charge in [-0.05, 0) is 32.6 Å². The predicted molar refractivity (Wildman–Crippen MR) is 66.4 cm³/mol. The summed E-state index contributed by atoms with van der Waals surface area (Å²) in [6.45, 7) is 7.52. The van der Waals surface area contributed by atoms with E-state index in [1.807, 2.05) is 13.0 Å². The van der Waals surface area contributed by atoms with E-state index in [0.717, 1.165) is 24.1 Å². The molecular formula is C12H20N4. The van der Waals surface area contributed by atoms with E-state index in [1.54, 1.807) is 0 Å². The van der Waals surface area contributed by atoms with Crippen LogP contribution in [-0.2, 0) is 0 Å². The summed E-state index contributed by atoms with van der Waals surface area (Å²) in [5.74, 6) is 3.10. The lowest BCUT2D eigenvalue weighted by Crippen LogP contribution is -2.40. The van der Waals surface area contributed by atoms with Gasteiger partial charge in [-0.3, -0.25) is 0 Å². The Morgan fingerprint density at radius 3 is 2.75 bits per heavy atom. The van der Waals surface area contributed by atoms with Crippen LogP contribution >= 0.6 is 0 Å². The summed E-state index contributed by atoms with van der Waals surface area (Å²) in [5, 5.41) is 0. The number of nitrogen functional groups attached to an aromatic ring is 1. The molecule has 0 aromatic carbocycles. The summed E-state index contributed by atoms with van der Waals surface area (Å²) in [7, 11) is 0. The number of aryl methyl sites for hydroxylation is 1. The Morgan fingerprint density at radius 1 is 1.38 bits per heavy atom. The van der Waals surface area contributed by atoms with Gasteiger partial charge in [0.2, 0.25) is 0 Å². The van der Waals surface area contributed by atoms with Crippen LogP contribution in [0.15, 0.2) is 6.07 Å². The molecule has 1 aromatic heterocycles. The largest absolute Gasteiger partial charge is 0.384 e. The first-order chi connectivity index (χ1) is 7.56. The fourth-order valence-electron chi connectivity index (χ4n) is 2.47. The Labute approximate surface area is 96.9 Å². The van der Waals surface area contributed by atoms with Crippen molar-refractivity contribution in [3.63, 3.8) is 0 Å². The lowest BCUT2D eigenvalue weighted by molar-refractivity contribution is 0.376. The fourth-order valence-corrected chi connectivity index (χ4v) is 2.47. The molecule has 1 aliphatic heterocycles. The average molecular weight is 220 g/mol. The van der Waals surface area contributed by atoms with Crippen LogP contribution in [-0.4, -0.2) is 22.6 Å². The molecule has 2 atom stereocenters. The molecule has 2 rings (SSSR count). The maximum Gasteiger partial charge on any atom is 0.134 e. The van der Waals surface area contributed by atoms with Crippen molar-refractivity contribution in [3.8, 4) is 0 Å². The Bertz CT molecular complexity index is 357. The molecule has 0 saturated carbocycles. The van der Waals surface area contributed by atoms with Crippen LogP contribution in [0, 0.1) is 12.8 Å². The smallest absolute Gasteiger partial charge is 0.134 e. The minimum Gasteiger partial charge on any atom is -0.384 e. The van der Waals surface area contributed by atoms with E-state index >= 15 is 0 Å². The molecule has 4 heteroatoms. The standard InChI is InChI=1S/C12H20N4/c1-8-4-5-16(9(2)6-8)12-7-11(13)14-10(3)15-12/h7-9H,4-6H2,1-3H3,(H2,13,14,15). The Balaban J connectivity index is 2.23. The Kier molecular flexibility index (Phi) is 2.99. The lowest BCUT2D eigenvalue weighted by Gasteiger charge is -2.37. The molecule has 2 heterocycles. The molecule has 1 fully saturated rings. The maximum absolute atomic E-state index is 5.76. The molecule has 4 nitrogen and oxygen atoms in total. The van der Waals surface area contributed by atoms with E-state index in [1.165, 1.54) is 12.8 Å². The van der Waals surface area contributed by atoms with Gasteiger partial charge in [0.1, 0.15) is 17.5 Å². The van der Waals surface area contributed by atoms with E-state index in [0.29, 0.717) is 11.9 Å². The second-order valence-corrected chi connectivity index (χ2v) is 4.87.